The van der Waals surface area contributed by atoms with Gasteiger partial charge in [0.1, 0.15) is 6.04 Å². The normalized spacial score (nSPS) is 18.7. The molecule has 1 fully saturated rings. The first kappa shape index (κ1) is 20.2. The van der Waals surface area contributed by atoms with E-state index in [1.54, 1.807) is 18.2 Å². The molecule has 1 aliphatic rings. The summed E-state index contributed by atoms with van der Waals surface area (Å²) < 4.78 is 27.2. The number of nitrogens with one attached hydrogen (secondary N) is 2. The first-order valence-corrected chi connectivity index (χ1v) is 9.15. The maximum atomic E-state index is 12.4. The Morgan fingerprint density at radius 3 is 2.35 bits per heavy atom. The van der Waals surface area contributed by atoms with Crippen LogP contribution in [0.3, 0.4) is 0 Å². The molecule has 0 aliphatic carbocycles. The zero-order valence-corrected chi connectivity index (χ0v) is 15.0. The molecule has 3 N–H and O–H groups in total. The molecule has 0 spiro atoms. The highest BCUT2D eigenvalue weighted by atomic mass is 35.5. The van der Waals surface area contributed by atoms with E-state index in [-0.39, 0.29) is 17.3 Å². The monoisotopic (exact) mass is 380 g/mol. The Morgan fingerprint density at radius 1 is 1.30 bits per heavy atom. The number of aliphatic carboxylic acids is 1. The molecule has 0 amide bonds. The van der Waals surface area contributed by atoms with Crippen molar-refractivity contribution >= 4 is 41.0 Å². The van der Waals surface area contributed by atoms with Gasteiger partial charge in [0.05, 0.1) is 4.90 Å². The second kappa shape index (κ2) is 8.34. The molecule has 1 aromatic carbocycles. The van der Waals surface area contributed by atoms with Gasteiger partial charge in [0.25, 0.3) is 0 Å². The van der Waals surface area contributed by atoms with E-state index in [1.165, 1.54) is 12.1 Å². The molecular formula is C14H21ClN2O4S2. The largest absolute Gasteiger partial charge is 0.480 e. The summed E-state index contributed by atoms with van der Waals surface area (Å²) in [6.07, 6.45) is 1.12. The number of hydrogen-bond donors (Lipinski definition) is 4. The fraction of sp³-hybridized carbons (Fsp3) is 0.500. The third-order valence-corrected chi connectivity index (χ3v) is 6.17. The Bertz CT molecular complexity index is 619. The van der Waals surface area contributed by atoms with Gasteiger partial charge in [0.2, 0.25) is 10.0 Å². The molecule has 130 valence electrons. The lowest BCUT2D eigenvalue weighted by atomic mass is 9.74. The maximum absolute atomic E-state index is 12.4. The van der Waals surface area contributed by atoms with Crippen LogP contribution in [0, 0.1) is 5.41 Å². The molecule has 6 nitrogen and oxygen atoms in total. The molecule has 0 unspecified atom stereocenters. The number of carboxylic acid groups (broad SMARTS) is 1. The molecule has 0 aromatic heterocycles. The molecule has 9 heteroatoms. The highest BCUT2D eigenvalue weighted by molar-refractivity contribution is 7.89. The van der Waals surface area contributed by atoms with Crippen LogP contribution in [0.4, 0.5) is 0 Å². The van der Waals surface area contributed by atoms with Crippen molar-refractivity contribution in [2.75, 3.05) is 18.8 Å². The van der Waals surface area contributed by atoms with Crippen molar-refractivity contribution in [2.24, 2.45) is 5.41 Å². The van der Waals surface area contributed by atoms with Gasteiger partial charge in [-0.15, -0.1) is 12.4 Å². The van der Waals surface area contributed by atoms with Crippen LogP contribution < -0.4 is 10.0 Å². The summed E-state index contributed by atoms with van der Waals surface area (Å²) in [7, 11) is -3.89. The molecule has 23 heavy (non-hydrogen) atoms. The quantitative estimate of drug-likeness (QED) is 0.555. The fourth-order valence-corrected chi connectivity index (χ4v) is 4.53. The van der Waals surface area contributed by atoms with Gasteiger partial charge >= 0.3 is 5.97 Å². The van der Waals surface area contributed by atoms with E-state index < -0.39 is 27.4 Å². The number of carboxylic acids is 1. The van der Waals surface area contributed by atoms with Gasteiger partial charge in [-0.2, -0.15) is 17.4 Å². The minimum atomic E-state index is -3.89. The van der Waals surface area contributed by atoms with Gasteiger partial charge in [-0.25, -0.2) is 8.42 Å². The number of piperidine rings is 1. The van der Waals surface area contributed by atoms with Crippen molar-refractivity contribution in [3.05, 3.63) is 30.3 Å². The van der Waals surface area contributed by atoms with Crippen LogP contribution in [0.5, 0.6) is 0 Å². The number of benzene rings is 1. The Labute approximate surface area is 147 Å². The first-order valence-electron chi connectivity index (χ1n) is 7.03. The van der Waals surface area contributed by atoms with E-state index in [0.717, 1.165) is 0 Å². The molecule has 1 aliphatic heterocycles. The Hall–Kier alpha value is -0.800. The topological polar surface area (TPSA) is 95.5 Å². The fourth-order valence-electron chi connectivity index (χ4n) is 2.72. The lowest BCUT2D eigenvalue weighted by Gasteiger charge is -2.40. The summed E-state index contributed by atoms with van der Waals surface area (Å²) in [6, 6.07) is 6.59. The maximum Gasteiger partial charge on any atom is 0.322 e. The van der Waals surface area contributed by atoms with Gasteiger partial charge in [-0.05, 0) is 43.8 Å². The third kappa shape index (κ3) is 4.60. The lowest BCUT2D eigenvalue weighted by molar-refractivity contribution is -0.142. The van der Waals surface area contributed by atoms with Crippen LogP contribution in [-0.2, 0) is 14.8 Å². The van der Waals surface area contributed by atoms with E-state index in [1.807, 2.05) is 0 Å². The number of rotatable bonds is 6. The van der Waals surface area contributed by atoms with Crippen LogP contribution in [0.25, 0.3) is 0 Å². The third-order valence-electron chi connectivity index (χ3n) is 4.10. The number of thiol groups is 1. The van der Waals surface area contributed by atoms with Crippen molar-refractivity contribution in [2.45, 2.75) is 23.8 Å². The molecule has 1 atom stereocenters. The molecule has 2 rings (SSSR count). The van der Waals surface area contributed by atoms with Crippen molar-refractivity contribution in [1.29, 1.82) is 0 Å². The highest BCUT2D eigenvalue weighted by Crippen LogP contribution is 2.35. The second-order valence-electron chi connectivity index (χ2n) is 5.48. The number of halogens is 1. The highest BCUT2D eigenvalue weighted by Gasteiger charge is 2.45. The number of carbonyl (C=O) groups is 1. The Morgan fingerprint density at radius 2 is 1.87 bits per heavy atom. The summed E-state index contributed by atoms with van der Waals surface area (Å²) in [6.45, 7) is 1.30. The summed E-state index contributed by atoms with van der Waals surface area (Å²) in [4.78, 5) is 11.8. The minimum absolute atomic E-state index is 0. The number of hydrogen-bond acceptors (Lipinski definition) is 5. The van der Waals surface area contributed by atoms with Gasteiger partial charge in [-0.3, -0.25) is 4.79 Å². The Kier molecular flexibility index (Phi) is 7.34. The van der Waals surface area contributed by atoms with Gasteiger partial charge in [0, 0.05) is 5.41 Å². The van der Waals surface area contributed by atoms with Crippen molar-refractivity contribution in [1.82, 2.24) is 10.0 Å². The molecule has 0 bridgehead atoms. The van der Waals surface area contributed by atoms with Crippen molar-refractivity contribution in [3.63, 3.8) is 0 Å². The van der Waals surface area contributed by atoms with Crippen LogP contribution in [0.15, 0.2) is 35.2 Å². The zero-order chi connectivity index (χ0) is 16.2. The molecule has 0 radical (unpaired) electrons. The van der Waals surface area contributed by atoms with Gasteiger partial charge in [-0.1, -0.05) is 18.2 Å². The SMILES string of the molecule is Cl.O=C(O)[C@@H](NS(=O)(=O)c1ccccc1)C1(CS)CCNCC1. The van der Waals surface area contributed by atoms with Crippen LogP contribution >= 0.6 is 25.0 Å². The molecule has 1 saturated heterocycles. The predicted octanol–water partition coefficient (Wildman–Crippen LogP) is 1.14. The van der Waals surface area contributed by atoms with E-state index in [4.69, 9.17) is 0 Å². The van der Waals surface area contributed by atoms with E-state index >= 15 is 0 Å². The predicted molar refractivity (Wildman–Crippen MR) is 93.8 cm³/mol. The smallest absolute Gasteiger partial charge is 0.322 e. The second-order valence-corrected chi connectivity index (χ2v) is 7.51. The molecule has 0 saturated carbocycles. The average molecular weight is 381 g/mol. The standard InChI is InChI=1S/C14H20N2O4S2.ClH/c17-13(18)12(14(10-21)6-8-15-9-7-14)16-22(19,20)11-4-2-1-3-5-11;/h1-5,12,15-16,21H,6-10H2,(H,17,18);1H/t12-;/m1./s1. The van der Waals surface area contributed by atoms with Crippen molar-refractivity contribution in [3.8, 4) is 0 Å². The minimum Gasteiger partial charge on any atom is -0.480 e. The van der Waals surface area contributed by atoms with Gasteiger partial charge < -0.3 is 10.4 Å². The van der Waals surface area contributed by atoms with Crippen molar-refractivity contribution < 1.29 is 18.3 Å². The summed E-state index contributed by atoms with van der Waals surface area (Å²) in [5.74, 6) is -0.862. The van der Waals surface area contributed by atoms with E-state index in [0.29, 0.717) is 31.7 Å². The number of sulfonamides is 1. The molecular weight excluding hydrogens is 360 g/mol. The summed E-state index contributed by atoms with van der Waals surface area (Å²) in [5, 5.41) is 12.7. The summed E-state index contributed by atoms with van der Waals surface area (Å²) >= 11 is 4.29. The average Bonchev–Trinajstić information content (AvgIpc) is 2.54. The summed E-state index contributed by atoms with van der Waals surface area (Å²) in [5.41, 5.74) is -0.692. The zero-order valence-electron chi connectivity index (χ0n) is 12.4. The van der Waals surface area contributed by atoms with Crippen LogP contribution in [0.2, 0.25) is 0 Å². The van der Waals surface area contributed by atoms with Crippen LogP contribution in [-0.4, -0.2) is 44.4 Å². The van der Waals surface area contributed by atoms with E-state index in [2.05, 4.69) is 22.7 Å². The lowest BCUT2D eigenvalue weighted by Crippen LogP contribution is -2.57. The first-order chi connectivity index (χ1) is 10.4. The molecule has 1 aromatic rings. The Balaban J connectivity index is 0.00000264. The van der Waals surface area contributed by atoms with Crippen LogP contribution in [0.1, 0.15) is 12.8 Å². The molecule has 1 heterocycles. The van der Waals surface area contributed by atoms with E-state index in [9.17, 15) is 18.3 Å². The van der Waals surface area contributed by atoms with Gasteiger partial charge in [0.15, 0.2) is 0 Å².